The Labute approximate surface area is 117 Å². The van der Waals surface area contributed by atoms with Crippen LogP contribution in [0, 0.1) is 0 Å². The number of rotatable bonds is 6. The van der Waals surface area contributed by atoms with Gasteiger partial charge in [0.2, 0.25) is 11.8 Å². The molecule has 1 atom stereocenters. The van der Waals surface area contributed by atoms with Gasteiger partial charge in [0.05, 0.1) is 12.5 Å². The van der Waals surface area contributed by atoms with Gasteiger partial charge in [-0.15, -0.1) is 0 Å². The number of amides is 2. The van der Waals surface area contributed by atoms with Gasteiger partial charge in [0, 0.05) is 13.2 Å². The van der Waals surface area contributed by atoms with E-state index < -0.39 is 17.9 Å². The van der Waals surface area contributed by atoms with Crippen LogP contribution in [0.5, 0.6) is 5.75 Å². The van der Waals surface area contributed by atoms with Crippen LogP contribution in [0.1, 0.15) is 12.8 Å². The van der Waals surface area contributed by atoms with Gasteiger partial charge in [-0.05, 0) is 18.6 Å². The lowest BCUT2D eigenvalue weighted by Crippen LogP contribution is -2.43. The summed E-state index contributed by atoms with van der Waals surface area (Å²) in [5.41, 5.74) is 10.2. The zero-order valence-electron chi connectivity index (χ0n) is 11.2. The third-order valence-corrected chi connectivity index (χ3v) is 2.15. The van der Waals surface area contributed by atoms with Gasteiger partial charge >= 0.3 is 0 Å². The number of carbonyl (C=O) groups is 2. The minimum atomic E-state index is -0.892. The molecule has 0 heterocycles. The first-order valence-electron chi connectivity index (χ1n) is 6.13. The molecule has 0 saturated carbocycles. The minimum absolute atomic E-state index is 0.00530. The average molecular weight is 283 g/mol. The largest absolute Gasteiger partial charge is 0.508 e. The first-order chi connectivity index (χ1) is 9.47. The van der Waals surface area contributed by atoms with E-state index in [-0.39, 0.29) is 13.0 Å². The Balaban J connectivity index is 0.000000428. The van der Waals surface area contributed by atoms with E-state index in [1.807, 2.05) is 6.07 Å². The summed E-state index contributed by atoms with van der Waals surface area (Å²) in [5, 5.41) is 19.5. The Kier molecular flexibility index (Phi) is 9.63. The standard InChI is InChI=1S/C7H15N3O3.C6H6O/c8-5(4-6(9)12)7(13)10-2-1-3-11;7-6-4-2-1-3-5-6/h5,11H,1-4,8H2,(H2,9,12)(H,10,13);1-5,7H. The van der Waals surface area contributed by atoms with Crippen molar-refractivity contribution in [1.82, 2.24) is 5.32 Å². The van der Waals surface area contributed by atoms with Crippen LogP contribution in [0.15, 0.2) is 30.3 Å². The predicted octanol–water partition coefficient (Wildman–Crippen LogP) is -0.920. The van der Waals surface area contributed by atoms with Crippen molar-refractivity contribution in [1.29, 1.82) is 0 Å². The molecule has 1 unspecified atom stereocenters. The van der Waals surface area contributed by atoms with Gasteiger partial charge in [-0.25, -0.2) is 0 Å². The second-order valence-electron chi connectivity index (χ2n) is 3.98. The molecule has 1 rings (SSSR count). The minimum Gasteiger partial charge on any atom is -0.508 e. The first kappa shape index (κ1) is 17.9. The lowest BCUT2D eigenvalue weighted by Gasteiger charge is -2.09. The van der Waals surface area contributed by atoms with Crippen LogP contribution in [-0.2, 0) is 9.59 Å². The number of phenolic OH excluding ortho intramolecular Hbond substituents is 1. The van der Waals surface area contributed by atoms with Crippen LogP contribution in [-0.4, -0.2) is 41.2 Å². The third-order valence-electron chi connectivity index (χ3n) is 2.15. The Morgan fingerprint density at radius 1 is 1.25 bits per heavy atom. The van der Waals surface area contributed by atoms with Crippen molar-refractivity contribution < 1.29 is 19.8 Å². The van der Waals surface area contributed by atoms with Crippen LogP contribution >= 0.6 is 0 Å². The Morgan fingerprint density at radius 3 is 2.25 bits per heavy atom. The van der Waals surface area contributed by atoms with Crippen LogP contribution in [0.25, 0.3) is 0 Å². The van der Waals surface area contributed by atoms with E-state index in [0.717, 1.165) is 0 Å². The monoisotopic (exact) mass is 283 g/mol. The van der Waals surface area contributed by atoms with Gasteiger partial charge in [-0.3, -0.25) is 9.59 Å². The Hall–Kier alpha value is -2.12. The Bertz CT molecular complexity index is 398. The number of aromatic hydroxyl groups is 1. The average Bonchev–Trinajstić information content (AvgIpc) is 2.39. The molecule has 7 N–H and O–H groups in total. The summed E-state index contributed by atoms with van der Waals surface area (Å²) in [7, 11) is 0. The summed E-state index contributed by atoms with van der Waals surface area (Å²) in [4.78, 5) is 21.4. The maximum Gasteiger partial charge on any atom is 0.237 e. The SMILES string of the molecule is NC(=O)CC(N)C(=O)NCCCO.Oc1ccccc1. The topological polar surface area (TPSA) is 139 Å². The highest BCUT2D eigenvalue weighted by molar-refractivity contribution is 5.87. The molecule has 0 aliphatic heterocycles. The molecule has 112 valence electrons. The fourth-order valence-corrected chi connectivity index (χ4v) is 1.16. The number of primary amides is 1. The molecule has 0 spiro atoms. The number of nitrogens with two attached hydrogens (primary N) is 2. The molecule has 1 aromatic carbocycles. The molecule has 0 fully saturated rings. The zero-order valence-corrected chi connectivity index (χ0v) is 11.2. The lowest BCUT2D eigenvalue weighted by molar-refractivity contribution is -0.126. The van der Waals surface area contributed by atoms with Crippen molar-refractivity contribution in [2.45, 2.75) is 18.9 Å². The first-order valence-corrected chi connectivity index (χ1v) is 6.13. The summed E-state index contributed by atoms with van der Waals surface area (Å²) in [6, 6.07) is 7.82. The summed E-state index contributed by atoms with van der Waals surface area (Å²) < 4.78 is 0. The molecule has 20 heavy (non-hydrogen) atoms. The Morgan fingerprint density at radius 2 is 1.85 bits per heavy atom. The summed E-state index contributed by atoms with van der Waals surface area (Å²) >= 11 is 0. The van der Waals surface area contributed by atoms with E-state index in [1.165, 1.54) is 0 Å². The van der Waals surface area contributed by atoms with Gasteiger partial charge in [0.1, 0.15) is 5.75 Å². The van der Waals surface area contributed by atoms with Crippen LogP contribution in [0.4, 0.5) is 0 Å². The molecular formula is C13H21N3O4. The molecular weight excluding hydrogens is 262 g/mol. The highest BCUT2D eigenvalue weighted by Crippen LogP contribution is 2.02. The van der Waals surface area contributed by atoms with Crippen molar-refractivity contribution in [3.05, 3.63) is 30.3 Å². The van der Waals surface area contributed by atoms with Gasteiger partial charge in [-0.2, -0.15) is 0 Å². The summed E-state index contributed by atoms with van der Waals surface area (Å²) in [5.74, 6) is -0.709. The number of aliphatic hydroxyl groups excluding tert-OH is 1. The maximum atomic E-state index is 11.0. The number of nitrogens with one attached hydrogen (secondary N) is 1. The van der Waals surface area contributed by atoms with E-state index in [4.69, 9.17) is 21.7 Å². The van der Waals surface area contributed by atoms with Crippen molar-refractivity contribution >= 4 is 11.8 Å². The number of carbonyl (C=O) groups excluding carboxylic acids is 2. The molecule has 0 aliphatic rings. The van der Waals surface area contributed by atoms with E-state index in [1.54, 1.807) is 24.3 Å². The highest BCUT2D eigenvalue weighted by atomic mass is 16.3. The van der Waals surface area contributed by atoms with Crippen LogP contribution in [0.3, 0.4) is 0 Å². The fourth-order valence-electron chi connectivity index (χ4n) is 1.16. The second kappa shape index (κ2) is 10.8. The van der Waals surface area contributed by atoms with Crippen molar-refractivity contribution in [3.8, 4) is 5.75 Å². The zero-order chi connectivity index (χ0) is 15.4. The second-order valence-corrected chi connectivity index (χ2v) is 3.98. The molecule has 7 heteroatoms. The molecule has 0 bridgehead atoms. The van der Waals surface area contributed by atoms with Gasteiger partial charge in [0.25, 0.3) is 0 Å². The normalized spacial score (nSPS) is 10.9. The number of aliphatic hydroxyl groups is 1. The van der Waals surface area contributed by atoms with Crippen LogP contribution in [0.2, 0.25) is 0 Å². The number of para-hydroxylation sites is 1. The smallest absolute Gasteiger partial charge is 0.237 e. The molecule has 0 aromatic heterocycles. The molecule has 1 aromatic rings. The molecule has 0 aliphatic carbocycles. The van der Waals surface area contributed by atoms with Crippen molar-refractivity contribution in [2.75, 3.05) is 13.2 Å². The fraction of sp³-hybridized carbons (Fsp3) is 0.385. The quantitative estimate of drug-likeness (QED) is 0.430. The van der Waals surface area contributed by atoms with E-state index >= 15 is 0 Å². The van der Waals surface area contributed by atoms with Crippen LogP contribution < -0.4 is 16.8 Å². The molecule has 2 amide bonds. The van der Waals surface area contributed by atoms with Gasteiger partial charge < -0.3 is 27.0 Å². The van der Waals surface area contributed by atoms with Gasteiger partial charge in [-0.1, -0.05) is 18.2 Å². The van der Waals surface area contributed by atoms with E-state index in [0.29, 0.717) is 18.7 Å². The number of hydrogen-bond acceptors (Lipinski definition) is 5. The summed E-state index contributed by atoms with van der Waals surface area (Å²) in [6.45, 7) is 0.354. The number of hydrogen-bond donors (Lipinski definition) is 5. The van der Waals surface area contributed by atoms with Crippen molar-refractivity contribution in [2.24, 2.45) is 11.5 Å². The number of benzene rings is 1. The molecule has 0 saturated heterocycles. The van der Waals surface area contributed by atoms with E-state index in [2.05, 4.69) is 5.32 Å². The predicted molar refractivity (Wildman–Crippen MR) is 74.6 cm³/mol. The lowest BCUT2D eigenvalue weighted by atomic mass is 10.2. The number of phenols is 1. The highest BCUT2D eigenvalue weighted by Gasteiger charge is 2.14. The molecule has 7 nitrogen and oxygen atoms in total. The third kappa shape index (κ3) is 9.86. The maximum absolute atomic E-state index is 11.0. The van der Waals surface area contributed by atoms with Gasteiger partial charge in [0.15, 0.2) is 0 Å². The van der Waals surface area contributed by atoms with Crippen molar-refractivity contribution in [3.63, 3.8) is 0 Å². The molecule has 0 radical (unpaired) electrons. The summed E-state index contributed by atoms with van der Waals surface area (Å²) in [6.07, 6.45) is 0.306. The van der Waals surface area contributed by atoms with E-state index in [9.17, 15) is 9.59 Å².